The number of nitrogens with zero attached hydrogens (tertiary/aromatic N) is 8. The Hall–Kier alpha value is -5.95. The van der Waals surface area contributed by atoms with E-state index in [2.05, 4.69) is 62.5 Å². The van der Waals surface area contributed by atoms with Gasteiger partial charge in [0.05, 0.1) is 30.2 Å². The van der Waals surface area contributed by atoms with Gasteiger partial charge >= 0.3 is 0 Å². The molecule has 3 aromatic heterocycles. The number of rotatable bonds is 8. The Morgan fingerprint density at radius 2 is 1.72 bits per heavy atom. The van der Waals surface area contributed by atoms with Gasteiger partial charge in [0.15, 0.2) is 5.82 Å². The number of carbonyl (C=O) groups is 2. The summed E-state index contributed by atoms with van der Waals surface area (Å²) in [4.78, 5) is 34.0. The summed E-state index contributed by atoms with van der Waals surface area (Å²) in [6, 6.07) is 23.9. The maximum absolute atomic E-state index is 13.2. The van der Waals surface area contributed by atoms with Crippen LogP contribution in [-0.4, -0.2) is 53.3 Å². The molecule has 53 heavy (non-hydrogen) atoms. The average Bonchev–Trinajstić information content (AvgIpc) is 3.85. The van der Waals surface area contributed by atoms with E-state index in [-0.39, 0.29) is 30.4 Å². The van der Waals surface area contributed by atoms with Crippen molar-refractivity contribution < 1.29 is 9.59 Å². The molecule has 268 valence electrons. The number of aromatic nitrogens is 6. The summed E-state index contributed by atoms with van der Waals surface area (Å²) in [5.41, 5.74) is 9.21. The number of aryl methyl sites for hydroxylation is 2. The van der Waals surface area contributed by atoms with Gasteiger partial charge in [0.2, 0.25) is 5.91 Å². The largest absolute Gasteiger partial charge is 0.378 e. The molecule has 2 aliphatic rings. The fourth-order valence-electron chi connectivity index (χ4n) is 7.25. The highest BCUT2D eigenvalue weighted by Gasteiger charge is 2.33. The lowest BCUT2D eigenvalue weighted by molar-refractivity contribution is -0.118. The van der Waals surface area contributed by atoms with Gasteiger partial charge in [-0.1, -0.05) is 42.5 Å². The van der Waals surface area contributed by atoms with Gasteiger partial charge in [-0.2, -0.15) is 0 Å². The monoisotopic (exact) mass is 724 g/mol. The van der Waals surface area contributed by atoms with Crippen LogP contribution in [0, 0.1) is 20.8 Å². The van der Waals surface area contributed by atoms with E-state index in [1.54, 1.807) is 16.0 Å². The average molecular weight is 725 g/mol. The van der Waals surface area contributed by atoms with E-state index >= 15 is 0 Å². The standard InChI is InChI=1S/C40H40N10O2S/c1-6-36(51)49-23(2)19-33(32-9-7-8-10-34(32)49)43-29-15-17-31(18-16-29)48-22-30(45-47-48)20-42-39(52)28-13-11-27(12-14-28)38-37-24(3)25(4)53-40(37)50-26(5)44-46-35(50)21-41-38/h7-18,22-23,33,43H,6,19-21H2,1-5H3,(H,42,52)/t23-,33+/m0/s1. The van der Waals surface area contributed by atoms with Crippen molar-refractivity contribution in [3.63, 3.8) is 0 Å². The number of hydrogen-bond donors (Lipinski definition) is 2. The maximum Gasteiger partial charge on any atom is 0.251 e. The molecule has 0 unspecified atom stereocenters. The van der Waals surface area contributed by atoms with E-state index in [4.69, 9.17) is 4.99 Å². The Kier molecular flexibility index (Phi) is 8.95. The van der Waals surface area contributed by atoms with Gasteiger partial charge in [-0.05, 0) is 87.7 Å². The molecule has 3 aromatic carbocycles. The number of thiophene rings is 1. The van der Waals surface area contributed by atoms with Gasteiger partial charge < -0.3 is 15.5 Å². The van der Waals surface area contributed by atoms with Crippen LogP contribution in [0.2, 0.25) is 0 Å². The summed E-state index contributed by atoms with van der Waals surface area (Å²) < 4.78 is 3.80. The molecular formula is C40H40N10O2S. The minimum atomic E-state index is -0.199. The Morgan fingerprint density at radius 1 is 0.943 bits per heavy atom. The summed E-state index contributed by atoms with van der Waals surface area (Å²) in [7, 11) is 0. The molecule has 0 saturated heterocycles. The number of aliphatic imine (C=N–C) groups is 1. The number of hydrogen-bond acceptors (Lipinski definition) is 9. The maximum atomic E-state index is 13.2. The lowest BCUT2D eigenvalue weighted by atomic mass is 9.91. The van der Waals surface area contributed by atoms with Crippen molar-refractivity contribution in [3.8, 4) is 10.7 Å². The van der Waals surface area contributed by atoms with Gasteiger partial charge in [-0.15, -0.1) is 26.6 Å². The SMILES string of the molecule is CCC(=O)N1c2ccccc2[C@H](Nc2ccc(-n3cc(CNC(=O)c4ccc(C5=NCc6nnc(C)n6-c6sc(C)c(C)c65)cc4)nn3)cc2)C[C@@H]1C. The Morgan fingerprint density at radius 3 is 2.49 bits per heavy atom. The van der Waals surface area contributed by atoms with Crippen LogP contribution < -0.4 is 15.5 Å². The molecule has 5 heterocycles. The predicted octanol–water partition coefficient (Wildman–Crippen LogP) is 6.80. The van der Waals surface area contributed by atoms with Crippen LogP contribution in [0.5, 0.6) is 0 Å². The fraction of sp³-hybridized carbons (Fsp3) is 0.275. The first kappa shape index (κ1) is 34.2. The van der Waals surface area contributed by atoms with Crippen molar-refractivity contribution >= 4 is 40.2 Å². The smallest absolute Gasteiger partial charge is 0.251 e. The quantitative estimate of drug-likeness (QED) is 0.176. The molecule has 0 fully saturated rings. The molecule has 0 aliphatic carbocycles. The fourth-order valence-corrected chi connectivity index (χ4v) is 8.48. The Labute approximate surface area is 311 Å². The van der Waals surface area contributed by atoms with Gasteiger partial charge in [-0.25, -0.2) is 4.68 Å². The molecule has 2 amide bonds. The molecule has 12 nitrogen and oxygen atoms in total. The molecule has 0 spiro atoms. The molecule has 2 aliphatic heterocycles. The van der Waals surface area contributed by atoms with Crippen molar-refractivity contribution in [1.82, 2.24) is 35.1 Å². The Bertz CT molecular complexity index is 2370. The second-order valence-electron chi connectivity index (χ2n) is 13.5. The van der Waals surface area contributed by atoms with Crippen molar-refractivity contribution in [3.05, 3.63) is 129 Å². The summed E-state index contributed by atoms with van der Waals surface area (Å²) in [5.74, 6) is 1.60. The van der Waals surface area contributed by atoms with E-state index < -0.39 is 0 Å². The van der Waals surface area contributed by atoms with Crippen molar-refractivity contribution in [2.45, 2.75) is 72.6 Å². The summed E-state index contributed by atoms with van der Waals surface area (Å²) >= 11 is 1.72. The molecule has 6 aromatic rings. The lowest BCUT2D eigenvalue weighted by Crippen LogP contribution is -2.44. The zero-order valence-electron chi connectivity index (χ0n) is 30.3. The van der Waals surface area contributed by atoms with E-state index in [9.17, 15) is 9.59 Å². The molecule has 0 saturated carbocycles. The second kappa shape index (κ2) is 13.9. The first-order valence-corrected chi connectivity index (χ1v) is 18.7. The molecule has 0 radical (unpaired) electrons. The molecular weight excluding hydrogens is 685 g/mol. The molecule has 2 N–H and O–H groups in total. The van der Waals surface area contributed by atoms with E-state index in [0.717, 1.165) is 62.5 Å². The van der Waals surface area contributed by atoms with Crippen LogP contribution in [-0.2, 0) is 17.9 Å². The second-order valence-corrected chi connectivity index (χ2v) is 14.7. The molecule has 8 rings (SSSR count). The van der Waals surface area contributed by atoms with Crippen molar-refractivity contribution in [2.24, 2.45) is 4.99 Å². The van der Waals surface area contributed by atoms with Gasteiger partial charge in [-0.3, -0.25) is 19.1 Å². The zero-order valence-corrected chi connectivity index (χ0v) is 31.1. The van der Waals surface area contributed by atoms with Crippen LogP contribution in [0.15, 0.2) is 84.0 Å². The van der Waals surface area contributed by atoms with Crippen LogP contribution in [0.4, 0.5) is 11.4 Å². The number of para-hydroxylation sites is 1. The Balaban J connectivity index is 0.907. The van der Waals surface area contributed by atoms with Crippen LogP contribution >= 0.6 is 11.3 Å². The van der Waals surface area contributed by atoms with Crippen molar-refractivity contribution in [2.75, 3.05) is 10.2 Å². The topological polar surface area (TPSA) is 135 Å². The third kappa shape index (κ3) is 6.30. The number of fused-ring (bicyclic) bond motifs is 4. The molecule has 0 bridgehead atoms. The van der Waals surface area contributed by atoms with E-state index in [1.807, 2.05) is 91.7 Å². The summed E-state index contributed by atoms with van der Waals surface area (Å²) in [5, 5.41) is 25.0. The number of anilines is 2. The minimum Gasteiger partial charge on any atom is -0.378 e. The number of benzene rings is 3. The highest BCUT2D eigenvalue weighted by molar-refractivity contribution is 7.15. The molecule has 13 heteroatoms. The van der Waals surface area contributed by atoms with Gasteiger partial charge in [0.1, 0.15) is 23.1 Å². The van der Waals surface area contributed by atoms with Gasteiger partial charge in [0, 0.05) is 45.4 Å². The number of carbonyl (C=O) groups excluding carboxylic acids is 2. The number of nitrogens with one attached hydrogen (secondary N) is 2. The minimum absolute atomic E-state index is 0.0756. The third-order valence-corrected chi connectivity index (χ3v) is 11.3. The number of amides is 2. The molecule has 2 atom stereocenters. The van der Waals surface area contributed by atoms with Crippen molar-refractivity contribution in [1.29, 1.82) is 0 Å². The first-order chi connectivity index (χ1) is 25.7. The predicted molar refractivity (Wildman–Crippen MR) is 206 cm³/mol. The highest BCUT2D eigenvalue weighted by Crippen LogP contribution is 2.39. The first-order valence-electron chi connectivity index (χ1n) is 17.8. The third-order valence-electron chi connectivity index (χ3n) is 10.1. The van der Waals surface area contributed by atoms with Gasteiger partial charge in [0.25, 0.3) is 5.91 Å². The van der Waals surface area contributed by atoms with Crippen LogP contribution in [0.3, 0.4) is 0 Å². The van der Waals surface area contributed by atoms with E-state index in [1.165, 1.54) is 10.4 Å². The summed E-state index contributed by atoms with van der Waals surface area (Å²) in [6.45, 7) is 10.9. The van der Waals surface area contributed by atoms with Crippen LogP contribution in [0.1, 0.15) is 87.6 Å². The van der Waals surface area contributed by atoms with E-state index in [0.29, 0.717) is 24.2 Å². The summed E-state index contributed by atoms with van der Waals surface area (Å²) in [6.07, 6.45) is 3.10. The highest BCUT2D eigenvalue weighted by atomic mass is 32.1. The van der Waals surface area contributed by atoms with Crippen LogP contribution in [0.25, 0.3) is 10.7 Å². The normalized spacial score (nSPS) is 16.2. The zero-order chi connectivity index (χ0) is 36.8. The lowest BCUT2D eigenvalue weighted by Gasteiger charge is -2.40.